The molecular weight excluding hydrogens is 100 g/mol. The molecule has 2 aliphatic rings. The van der Waals surface area contributed by atoms with Crippen LogP contribution >= 0.6 is 0 Å². The molecule has 0 spiro atoms. The zero-order chi connectivity index (χ0) is 5.83. The fourth-order valence-corrected chi connectivity index (χ4v) is 1.17. The molecule has 1 aliphatic heterocycles. The Morgan fingerprint density at radius 3 is 1.88 bits per heavy atom. The van der Waals surface area contributed by atoms with Crippen LogP contribution in [0.15, 0.2) is 0 Å². The SMILES string of the molecule is CC1(C2(C)CO2)CC1. The van der Waals surface area contributed by atoms with Crippen molar-refractivity contribution in [2.75, 3.05) is 6.61 Å². The van der Waals surface area contributed by atoms with Crippen LogP contribution in [0.25, 0.3) is 0 Å². The third kappa shape index (κ3) is 0.408. The lowest BCUT2D eigenvalue weighted by molar-refractivity contribution is 0.231. The summed E-state index contributed by atoms with van der Waals surface area (Å²) in [5.74, 6) is 0. The normalized spacial score (nSPS) is 48.8. The summed E-state index contributed by atoms with van der Waals surface area (Å²) in [7, 11) is 0. The van der Waals surface area contributed by atoms with Gasteiger partial charge in [-0.1, -0.05) is 6.92 Å². The highest BCUT2D eigenvalue weighted by Gasteiger charge is 2.61. The molecule has 0 radical (unpaired) electrons. The summed E-state index contributed by atoms with van der Waals surface area (Å²) in [4.78, 5) is 0. The van der Waals surface area contributed by atoms with Gasteiger partial charge in [-0.3, -0.25) is 0 Å². The predicted molar refractivity (Wildman–Crippen MR) is 31.7 cm³/mol. The average Bonchev–Trinajstić information content (AvgIpc) is 2.46. The average molecular weight is 112 g/mol. The van der Waals surface area contributed by atoms with Gasteiger partial charge in [0.15, 0.2) is 0 Å². The van der Waals surface area contributed by atoms with E-state index in [4.69, 9.17) is 4.74 Å². The zero-order valence-electron chi connectivity index (χ0n) is 5.53. The fraction of sp³-hybridized carbons (Fsp3) is 1.00. The van der Waals surface area contributed by atoms with Crippen LogP contribution in [0, 0.1) is 5.41 Å². The monoisotopic (exact) mass is 112 g/mol. The molecule has 46 valence electrons. The summed E-state index contributed by atoms with van der Waals surface area (Å²) in [5, 5.41) is 0. The van der Waals surface area contributed by atoms with Crippen LogP contribution < -0.4 is 0 Å². The Kier molecular flexibility index (Phi) is 0.583. The van der Waals surface area contributed by atoms with Crippen molar-refractivity contribution in [2.24, 2.45) is 5.41 Å². The minimum absolute atomic E-state index is 0.299. The standard InChI is InChI=1S/C7H12O/c1-6(3-4-6)7(2)5-8-7/h3-5H2,1-2H3. The van der Waals surface area contributed by atoms with E-state index in [1.54, 1.807) is 0 Å². The van der Waals surface area contributed by atoms with E-state index >= 15 is 0 Å². The van der Waals surface area contributed by atoms with Crippen LogP contribution in [0.5, 0.6) is 0 Å². The molecule has 1 heteroatoms. The molecule has 1 nitrogen and oxygen atoms in total. The van der Waals surface area contributed by atoms with Crippen LogP contribution in [0.1, 0.15) is 26.7 Å². The number of epoxide rings is 1. The van der Waals surface area contributed by atoms with Crippen LogP contribution in [0.3, 0.4) is 0 Å². The van der Waals surface area contributed by atoms with Gasteiger partial charge in [0.05, 0.1) is 12.2 Å². The zero-order valence-corrected chi connectivity index (χ0v) is 5.53. The topological polar surface area (TPSA) is 12.5 Å². The first-order chi connectivity index (χ1) is 3.66. The highest BCUT2D eigenvalue weighted by Crippen LogP contribution is 2.60. The smallest absolute Gasteiger partial charge is 0.0941 e. The Labute approximate surface area is 50.0 Å². The van der Waals surface area contributed by atoms with E-state index in [1.807, 2.05) is 0 Å². The maximum atomic E-state index is 5.32. The first kappa shape index (κ1) is 4.80. The number of hydrogen-bond donors (Lipinski definition) is 0. The van der Waals surface area contributed by atoms with Crippen molar-refractivity contribution >= 4 is 0 Å². The Bertz CT molecular complexity index is 104. The van der Waals surface area contributed by atoms with E-state index in [-0.39, 0.29) is 0 Å². The minimum atomic E-state index is 0.299. The van der Waals surface area contributed by atoms with Gasteiger partial charge in [-0.15, -0.1) is 0 Å². The Hall–Kier alpha value is -0.0400. The minimum Gasteiger partial charge on any atom is -0.369 e. The molecule has 0 bridgehead atoms. The van der Waals surface area contributed by atoms with E-state index in [0.29, 0.717) is 11.0 Å². The largest absolute Gasteiger partial charge is 0.369 e. The van der Waals surface area contributed by atoms with Crippen molar-refractivity contribution in [3.63, 3.8) is 0 Å². The molecule has 0 aromatic rings. The van der Waals surface area contributed by atoms with E-state index in [0.717, 1.165) is 6.61 Å². The summed E-state index contributed by atoms with van der Waals surface area (Å²) in [5.41, 5.74) is 0.875. The molecule has 1 heterocycles. The molecule has 1 saturated heterocycles. The van der Waals surface area contributed by atoms with Crippen molar-refractivity contribution in [1.29, 1.82) is 0 Å². The van der Waals surface area contributed by atoms with Crippen molar-refractivity contribution in [1.82, 2.24) is 0 Å². The number of ether oxygens (including phenoxy) is 1. The first-order valence-electron chi connectivity index (χ1n) is 3.30. The van der Waals surface area contributed by atoms with E-state index in [1.165, 1.54) is 12.8 Å². The lowest BCUT2D eigenvalue weighted by Gasteiger charge is -2.11. The van der Waals surface area contributed by atoms with Gasteiger partial charge in [0.25, 0.3) is 0 Å². The summed E-state index contributed by atoms with van der Waals surface area (Å²) in [6.45, 7) is 5.55. The third-order valence-electron chi connectivity index (χ3n) is 2.85. The number of hydrogen-bond acceptors (Lipinski definition) is 1. The molecule has 2 rings (SSSR count). The molecular formula is C7H12O. The number of rotatable bonds is 1. The van der Waals surface area contributed by atoms with Gasteiger partial charge in [0.1, 0.15) is 0 Å². The lowest BCUT2D eigenvalue weighted by Crippen LogP contribution is -2.17. The van der Waals surface area contributed by atoms with Gasteiger partial charge in [0, 0.05) is 0 Å². The van der Waals surface area contributed by atoms with Crippen molar-refractivity contribution < 1.29 is 4.74 Å². The molecule has 1 aliphatic carbocycles. The Morgan fingerprint density at radius 1 is 1.25 bits per heavy atom. The second-order valence-electron chi connectivity index (χ2n) is 3.58. The maximum absolute atomic E-state index is 5.32. The Balaban J connectivity index is 2.15. The molecule has 0 aromatic heterocycles. The molecule has 0 amide bonds. The molecule has 1 saturated carbocycles. The molecule has 0 N–H and O–H groups in total. The molecule has 2 fully saturated rings. The summed E-state index contributed by atoms with van der Waals surface area (Å²) in [6.07, 6.45) is 2.76. The maximum Gasteiger partial charge on any atom is 0.0941 e. The highest BCUT2D eigenvalue weighted by atomic mass is 16.6. The predicted octanol–water partition coefficient (Wildman–Crippen LogP) is 1.58. The van der Waals surface area contributed by atoms with Crippen molar-refractivity contribution in [2.45, 2.75) is 32.3 Å². The Morgan fingerprint density at radius 2 is 1.75 bits per heavy atom. The second kappa shape index (κ2) is 0.971. The summed E-state index contributed by atoms with van der Waals surface area (Å²) in [6, 6.07) is 0. The van der Waals surface area contributed by atoms with Gasteiger partial charge < -0.3 is 4.74 Å². The fourth-order valence-electron chi connectivity index (χ4n) is 1.17. The van der Waals surface area contributed by atoms with Crippen molar-refractivity contribution in [3.8, 4) is 0 Å². The molecule has 1 atom stereocenters. The van der Waals surface area contributed by atoms with Crippen LogP contribution in [-0.2, 0) is 4.74 Å². The molecule has 1 unspecified atom stereocenters. The van der Waals surface area contributed by atoms with Gasteiger partial charge in [-0.2, -0.15) is 0 Å². The van der Waals surface area contributed by atoms with Crippen LogP contribution in [-0.4, -0.2) is 12.2 Å². The van der Waals surface area contributed by atoms with E-state index in [2.05, 4.69) is 13.8 Å². The van der Waals surface area contributed by atoms with Gasteiger partial charge in [-0.05, 0) is 25.2 Å². The lowest BCUT2D eigenvalue weighted by atomic mass is 9.94. The summed E-state index contributed by atoms with van der Waals surface area (Å²) < 4.78 is 5.32. The van der Waals surface area contributed by atoms with Crippen LogP contribution in [0.4, 0.5) is 0 Å². The van der Waals surface area contributed by atoms with Crippen LogP contribution in [0.2, 0.25) is 0 Å². The quantitative estimate of drug-likeness (QED) is 0.469. The van der Waals surface area contributed by atoms with Gasteiger partial charge >= 0.3 is 0 Å². The third-order valence-corrected chi connectivity index (χ3v) is 2.85. The van der Waals surface area contributed by atoms with Crippen molar-refractivity contribution in [3.05, 3.63) is 0 Å². The second-order valence-corrected chi connectivity index (χ2v) is 3.58. The molecule has 8 heavy (non-hydrogen) atoms. The summed E-state index contributed by atoms with van der Waals surface area (Å²) >= 11 is 0. The van der Waals surface area contributed by atoms with Gasteiger partial charge in [0.2, 0.25) is 0 Å². The van der Waals surface area contributed by atoms with E-state index in [9.17, 15) is 0 Å². The first-order valence-corrected chi connectivity index (χ1v) is 3.30. The van der Waals surface area contributed by atoms with Gasteiger partial charge in [-0.25, -0.2) is 0 Å². The highest BCUT2D eigenvalue weighted by molar-refractivity contribution is 5.10. The van der Waals surface area contributed by atoms with E-state index < -0.39 is 0 Å². The molecule has 0 aromatic carbocycles.